The molecule has 0 fully saturated rings. The molecular weight excluding hydrogens is 424 g/mol. The van der Waals surface area contributed by atoms with Crippen molar-refractivity contribution in [3.8, 4) is 5.75 Å². The molecule has 172 valence electrons. The molecule has 0 aromatic heterocycles. The number of imide groups is 1. The lowest BCUT2D eigenvalue weighted by atomic mass is 9.97. The largest absolute Gasteiger partial charge is 0.494 e. The molecule has 0 bridgehead atoms. The van der Waals surface area contributed by atoms with E-state index in [1.807, 2.05) is 62.4 Å². The summed E-state index contributed by atoms with van der Waals surface area (Å²) in [5, 5.41) is 0. The summed E-state index contributed by atoms with van der Waals surface area (Å²) < 4.78 is 5.76. The molecule has 0 N–H and O–H groups in total. The van der Waals surface area contributed by atoms with Gasteiger partial charge in [-0.2, -0.15) is 0 Å². The standard InChI is InChI=1S/C29H28N2O3/c1-3-17-34-25-10-6-9-24(18-25)31-28(32)26(22-13-11-20(2)12-14-22)27(29(31)33)30-16-15-21-7-4-5-8-23(21)19-30/h4-14,18H,3,15-17,19H2,1-2H3. The number of hydrogen-bond donors (Lipinski definition) is 0. The van der Waals surface area contributed by atoms with Crippen LogP contribution in [0.2, 0.25) is 0 Å². The van der Waals surface area contributed by atoms with Gasteiger partial charge in [-0.25, -0.2) is 4.90 Å². The van der Waals surface area contributed by atoms with Crippen molar-refractivity contribution in [3.63, 3.8) is 0 Å². The van der Waals surface area contributed by atoms with Crippen molar-refractivity contribution < 1.29 is 14.3 Å². The highest BCUT2D eigenvalue weighted by Gasteiger charge is 2.43. The van der Waals surface area contributed by atoms with E-state index in [0.29, 0.717) is 42.4 Å². The first-order valence-electron chi connectivity index (χ1n) is 11.8. The summed E-state index contributed by atoms with van der Waals surface area (Å²) in [4.78, 5) is 31.0. The highest BCUT2D eigenvalue weighted by Crippen LogP contribution is 2.37. The molecule has 0 radical (unpaired) electrons. The lowest BCUT2D eigenvalue weighted by Crippen LogP contribution is -2.37. The first-order chi connectivity index (χ1) is 16.6. The molecule has 0 unspecified atom stereocenters. The lowest BCUT2D eigenvalue weighted by molar-refractivity contribution is -0.120. The number of hydrogen-bond acceptors (Lipinski definition) is 4. The minimum Gasteiger partial charge on any atom is -0.494 e. The average molecular weight is 453 g/mol. The summed E-state index contributed by atoms with van der Waals surface area (Å²) in [5.74, 6) is 0.0696. The Kier molecular flexibility index (Phi) is 5.93. The quantitative estimate of drug-likeness (QED) is 0.487. The van der Waals surface area contributed by atoms with Crippen molar-refractivity contribution in [1.82, 2.24) is 4.90 Å². The number of nitrogens with zero attached hydrogens (tertiary/aromatic N) is 2. The zero-order chi connectivity index (χ0) is 23.7. The van der Waals surface area contributed by atoms with Crippen LogP contribution in [0.5, 0.6) is 5.75 Å². The fourth-order valence-electron chi connectivity index (χ4n) is 4.65. The van der Waals surface area contributed by atoms with E-state index in [4.69, 9.17) is 4.74 Å². The molecular formula is C29H28N2O3. The summed E-state index contributed by atoms with van der Waals surface area (Å²) in [6.07, 6.45) is 1.72. The van der Waals surface area contributed by atoms with Crippen LogP contribution in [0, 0.1) is 6.92 Å². The van der Waals surface area contributed by atoms with E-state index in [9.17, 15) is 9.59 Å². The van der Waals surface area contributed by atoms with E-state index in [-0.39, 0.29) is 11.8 Å². The van der Waals surface area contributed by atoms with E-state index in [1.165, 1.54) is 16.0 Å². The third kappa shape index (κ3) is 3.98. The Morgan fingerprint density at radius 2 is 1.65 bits per heavy atom. The van der Waals surface area contributed by atoms with Gasteiger partial charge in [-0.05, 0) is 48.6 Å². The molecule has 2 amide bonds. The lowest BCUT2D eigenvalue weighted by Gasteiger charge is -2.31. The van der Waals surface area contributed by atoms with E-state index in [0.717, 1.165) is 24.0 Å². The molecule has 5 rings (SSSR count). The molecule has 3 aromatic carbocycles. The number of amides is 2. The molecule has 0 atom stereocenters. The molecule has 2 aliphatic rings. The van der Waals surface area contributed by atoms with Gasteiger partial charge in [-0.3, -0.25) is 9.59 Å². The number of rotatable bonds is 6. The van der Waals surface area contributed by atoms with Crippen molar-refractivity contribution in [2.75, 3.05) is 18.1 Å². The third-order valence-corrected chi connectivity index (χ3v) is 6.40. The average Bonchev–Trinajstić information content (AvgIpc) is 3.13. The third-order valence-electron chi connectivity index (χ3n) is 6.40. The maximum absolute atomic E-state index is 13.9. The smallest absolute Gasteiger partial charge is 0.282 e. The topological polar surface area (TPSA) is 49.9 Å². The Labute approximate surface area is 200 Å². The van der Waals surface area contributed by atoms with Gasteiger partial charge in [0.1, 0.15) is 11.4 Å². The number of fused-ring (bicyclic) bond motifs is 1. The summed E-state index contributed by atoms with van der Waals surface area (Å²) in [6, 6.07) is 23.3. The zero-order valence-electron chi connectivity index (χ0n) is 19.6. The predicted octanol–water partition coefficient (Wildman–Crippen LogP) is 5.13. The molecule has 34 heavy (non-hydrogen) atoms. The van der Waals surface area contributed by atoms with Crippen molar-refractivity contribution in [3.05, 3.63) is 101 Å². The highest BCUT2D eigenvalue weighted by atomic mass is 16.5. The van der Waals surface area contributed by atoms with Gasteiger partial charge >= 0.3 is 0 Å². The van der Waals surface area contributed by atoms with Gasteiger partial charge in [0.15, 0.2) is 0 Å². The molecule has 2 heterocycles. The van der Waals surface area contributed by atoms with Gasteiger partial charge in [0.2, 0.25) is 0 Å². The maximum atomic E-state index is 13.9. The fourth-order valence-corrected chi connectivity index (χ4v) is 4.65. The second-order valence-corrected chi connectivity index (χ2v) is 8.82. The van der Waals surface area contributed by atoms with Crippen molar-refractivity contribution in [2.45, 2.75) is 33.2 Å². The molecule has 5 heteroatoms. The normalized spacial score (nSPS) is 15.7. The van der Waals surface area contributed by atoms with Gasteiger partial charge in [0.25, 0.3) is 11.8 Å². The van der Waals surface area contributed by atoms with Crippen LogP contribution in [0.3, 0.4) is 0 Å². The van der Waals surface area contributed by atoms with Crippen LogP contribution < -0.4 is 9.64 Å². The van der Waals surface area contributed by atoms with Crippen LogP contribution in [0.1, 0.15) is 35.6 Å². The summed E-state index contributed by atoms with van der Waals surface area (Å²) >= 11 is 0. The Balaban J connectivity index is 1.57. The number of aryl methyl sites for hydroxylation is 1. The Morgan fingerprint density at radius 1 is 0.882 bits per heavy atom. The minimum atomic E-state index is -0.296. The maximum Gasteiger partial charge on any atom is 0.282 e. The van der Waals surface area contributed by atoms with Gasteiger partial charge in [0.05, 0.1) is 17.9 Å². The van der Waals surface area contributed by atoms with Gasteiger partial charge < -0.3 is 9.64 Å². The van der Waals surface area contributed by atoms with Crippen molar-refractivity contribution in [2.24, 2.45) is 0 Å². The van der Waals surface area contributed by atoms with Crippen LogP contribution >= 0.6 is 0 Å². The van der Waals surface area contributed by atoms with Crippen LogP contribution in [0.4, 0.5) is 5.69 Å². The number of benzene rings is 3. The summed E-state index contributed by atoms with van der Waals surface area (Å²) in [6.45, 7) is 5.92. The zero-order valence-corrected chi connectivity index (χ0v) is 19.6. The monoisotopic (exact) mass is 452 g/mol. The van der Waals surface area contributed by atoms with Crippen LogP contribution in [-0.2, 0) is 22.6 Å². The summed E-state index contributed by atoms with van der Waals surface area (Å²) in [7, 11) is 0. The van der Waals surface area contributed by atoms with Gasteiger partial charge in [0, 0.05) is 19.2 Å². The molecule has 2 aliphatic heterocycles. The molecule has 3 aromatic rings. The summed E-state index contributed by atoms with van der Waals surface area (Å²) in [5.41, 5.74) is 5.82. The molecule has 0 spiro atoms. The number of carbonyl (C=O) groups excluding carboxylic acids is 2. The fraction of sp³-hybridized carbons (Fsp3) is 0.241. The van der Waals surface area contributed by atoms with Crippen molar-refractivity contribution >= 4 is 23.1 Å². The van der Waals surface area contributed by atoms with Gasteiger partial charge in [-0.15, -0.1) is 0 Å². The second kappa shape index (κ2) is 9.18. The second-order valence-electron chi connectivity index (χ2n) is 8.82. The van der Waals surface area contributed by atoms with E-state index >= 15 is 0 Å². The number of carbonyl (C=O) groups is 2. The Hall–Kier alpha value is -3.86. The van der Waals surface area contributed by atoms with E-state index in [1.54, 1.807) is 12.1 Å². The SMILES string of the molecule is CCCOc1cccc(N2C(=O)C(c3ccc(C)cc3)=C(N3CCc4ccccc4C3)C2=O)c1. The van der Waals surface area contributed by atoms with Crippen molar-refractivity contribution in [1.29, 1.82) is 0 Å². The number of ether oxygens (including phenoxy) is 1. The Bertz CT molecular complexity index is 1280. The van der Waals surface area contributed by atoms with E-state index < -0.39 is 0 Å². The highest BCUT2D eigenvalue weighted by molar-refractivity contribution is 6.45. The first kappa shape index (κ1) is 22.0. The predicted molar refractivity (Wildman–Crippen MR) is 133 cm³/mol. The molecule has 0 saturated heterocycles. The minimum absolute atomic E-state index is 0.285. The molecule has 5 nitrogen and oxygen atoms in total. The number of anilines is 1. The van der Waals surface area contributed by atoms with Crippen LogP contribution in [0.15, 0.2) is 78.5 Å². The molecule has 0 saturated carbocycles. The van der Waals surface area contributed by atoms with Crippen LogP contribution in [-0.4, -0.2) is 29.9 Å². The first-order valence-corrected chi connectivity index (χ1v) is 11.8. The Morgan fingerprint density at radius 3 is 2.41 bits per heavy atom. The van der Waals surface area contributed by atoms with Gasteiger partial charge in [-0.1, -0.05) is 67.1 Å². The molecule has 0 aliphatic carbocycles. The van der Waals surface area contributed by atoms with E-state index in [2.05, 4.69) is 17.0 Å². The van der Waals surface area contributed by atoms with Crippen LogP contribution in [0.25, 0.3) is 5.57 Å².